The Kier molecular flexibility index (Phi) is 12.3. The molecule has 2 N–H and O–H groups in total. The molecule has 0 aromatic heterocycles. The smallest absolute Gasteiger partial charge is 0.349 e. The van der Waals surface area contributed by atoms with Crippen molar-refractivity contribution in [1.82, 2.24) is 20.4 Å². The second-order valence-electron chi connectivity index (χ2n) is 15.1. The third kappa shape index (κ3) is 9.97. The lowest BCUT2D eigenvalue weighted by Crippen LogP contribution is -2.44. The zero-order chi connectivity index (χ0) is 40.9. The Labute approximate surface area is 333 Å². The van der Waals surface area contributed by atoms with Crippen molar-refractivity contribution >= 4 is 11.8 Å². The van der Waals surface area contributed by atoms with Crippen LogP contribution in [0, 0.1) is 0 Å². The van der Waals surface area contributed by atoms with Crippen LogP contribution in [0.15, 0.2) is 121 Å². The van der Waals surface area contributed by atoms with Crippen molar-refractivity contribution in [2.75, 3.05) is 26.2 Å². The van der Waals surface area contributed by atoms with Gasteiger partial charge in [-0.05, 0) is 95.5 Å². The molecule has 2 amide bonds. The minimum Gasteiger partial charge on any atom is -0.349 e. The summed E-state index contributed by atoms with van der Waals surface area (Å²) >= 11 is 0. The minimum absolute atomic E-state index is 0.0280. The normalized spacial score (nSPS) is 16.2. The van der Waals surface area contributed by atoms with E-state index in [4.69, 9.17) is 0 Å². The number of hydrogen-bond acceptors (Lipinski definition) is 4. The van der Waals surface area contributed by atoms with Crippen LogP contribution in [0.3, 0.4) is 0 Å². The number of hydrogen-bond donors (Lipinski definition) is 2. The van der Waals surface area contributed by atoms with Crippen LogP contribution in [0.2, 0.25) is 0 Å². The van der Waals surface area contributed by atoms with Gasteiger partial charge in [0, 0.05) is 62.5 Å². The highest BCUT2D eigenvalue weighted by Gasteiger charge is 2.33. The molecule has 2 aliphatic rings. The molecule has 0 bridgehead atoms. The van der Waals surface area contributed by atoms with Gasteiger partial charge in [0.05, 0.1) is 11.1 Å². The third-order valence-corrected chi connectivity index (χ3v) is 11.1. The number of nitrogens with one attached hydrogen (secondary N) is 2. The van der Waals surface area contributed by atoms with E-state index in [-0.39, 0.29) is 30.4 Å². The number of rotatable bonds is 10. The molecule has 0 aliphatic carbocycles. The number of amides is 2. The number of benzene rings is 5. The van der Waals surface area contributed by atoms with Crippen LogP contribution >= 0.6 is 0 Å². The molecule has 0 saturated carbocycles. The van der Waals surface area contributed by atoms with Gasteiger partial charge in [0.1, 0.15) is 0 Å². The van der Waals surface area contributed by atoms with Crippen molar-refractivity contribution in [2.45, 2.75) is 63.2 Å². The van der Waals surface area contributed by atoms with Gasteiger partial charge in [0.15, 0.2) is 0 Å². The Hall–Kier alpha value is -5.46. The lowest BCUT2D eigenvalue weighted by molar-refractivity contribution is -0.138. The highest BCUT2D eigenvalue weighted by molar-refractivity contribution is 6.02. The van der Waals surface area contributed by atoms with Crippen LogP contribution in [0.1, 0.15) is 68.7 Å². The van der Waals surface area contributed by atoms with E-state index in [0.717, 1.165) is 50.7 Å². The zero-order valence-corrected chi connectivity index (χ0v) is 31.8. The van der Waals surface area contributed by atoms with E-state index in [0.29, 0.717) is 64.9 Å². The van der Waals surface area contributed by atoms with Crippen molar-refractivity contribution in [3.63, 3.8) is 0 Å². The molecule has 12 heteroatoms. The SMILES string of the molecule is O=C(NC1CCN(Cc2cc(C(F)(F)F)ccc2-c2ccccc2C(=O)NC2CCN(Cc3ccccc3)CC2)CC1)c1ccccc1-c1ccc(C(F)(F)F)cc1. The van der Waals surface area contributed by atoms with E-state index in [1.165, 1.54) is 29.8 Å². The summed E-state index contributed by atoms with van der Waals surface area (Å²) in [5.74, 6) is -0.624. The summed E-state index contributed by atoms with van der Waals surface area (Å²) in [6, 6.07) is 32.1. The van der Waals surface area contributed by atoms with Gasteiger partial charge in [-0.15, -0.1) is 0 Å². The number of nitrogens with zero attached hydrogens (tertiary/aromatic N) is 2. The van der Waals surface area contributed by atoms with Crippen molar-refractivity contribution in [1.29, 1.82) is 0 Å². The lowest BCUT2D eigenvalue weighted by Gasteiger charge is -2.33. The van der Waals surface area contributed by atoms with Gasteiger partial charge in [-0.25, -0.2) is 0 Å². The largest absolute Gasteiger partial charge is 0.416 e. The number of halogens is 6. The first kappa shape index (κ1) is 40.7. The van der Waals surface area contributed by atoms with Crippen LogP contribution in [-0.4, -0.2) is 59.9 Å². The van der Waals surface area contributed by atoms with Crippen LogP contribution in [0.25, 0.3) is 22.3 Å². The van der Waals surface area contributed by atoms with E-state index >= 15 is 0 Å². The highest BCUT2D eigenvalue weighted by atomic mass is 19.4. The molecule has 6 nitrogen and oxygen atoms in total. The van der Waals surface area contributed by atoms with Gasteiger partial charge in [-0.3, -0.25) is 19.4 Å². The molecule has 2 saturated heterocycles. The van der Waals surface area contributed by atoms with E-state index in [1.54, 1.807) is 48.5 Å². The average molecular weight is 799 g/mol. The molecule has 302 valence electrons. The fourth-order valence-electron chi connectivity index (χ4n) is 7.93. The second-order valence-corrected chi connectivity index (χ2v) is 15.1. The summed E-state index contributed by atoms with van der Waals surface area (Å²) in [6.45, 7) is 3.70. The van der Waals surface area contributed by atoms with Crippen LogP contribution in [0.5, 0.6) is 0 Å². The van der Waals surface area contributed by atoms with Gasteiger partial charge in [0.25, 0.3) is 11.8 Å². The van der Waals surface area contributed by atoms with Crippen LogP contribution in [-0.2, 0) is 25.4 Å². The van der Waals surface area contributed by atoms with E-state index in [9.17, 15) is 35.9 Å². The Morgan fingerprint density at radius 3 is 1.53 bits per heavy atom. The van der Waals surface area contributed by atoms with E-state index < -0.39 is 23.5 Å². The molecule has 0 atom stereocenters. The first-order chi connectivity index (χ1) is 27.8. The molecule has 2 heterocycles. The molecule has 2 fully saturated rings. The first-order valence-electron chi connectivity index (χ1n) is 19.5. The predicted octanol–water partition coefficient (Wildman–Crippen LogP) is 9.85. The molecule has 5 aromatic carbocycles. The summed E-state index contributed by atoms with van der Waals surface area (Å²) in [4.78, 5) is 31.7. The van der Waals surface area contributed by atoms with E-state index in [1.807, 2.05) is 23.1 Å². The Balaban J connectivity index is 1.01. The van der Waals surface area contributed by atoms with Crippen molar-refractivity contribution < 1.29 is 35.9 Å². The number of alkyl halides is 6. The fourth-order valence-corrected chi connectivity index (χ4v) is 7.93. The minimum atomic E-state index is -4.56. The maximum Gasteiger partial charge on any atom is 0.416 e. The monoisotopic (exact) mass is 798 g/mol. The summed E-state index contributed by atoms with van der Waals surface area (Å²) in [5.41, 5.74) is 2.93. The molecule has 58 heavy (non-hydrogen) atoms. The number of carbonyl (C=O) groups excluding carboxylic acids is 2. The summed E-state index contributed by atoms with van der Waals surface area (Å²) in [5, 5.41) is 6.24. The molecular weight excluding hydrogens is 755 g/mol. The van der Waals surface area contributed by atoms with E-state index in [2.05, 4.69) is 27.7 Å². The molecular formula is C46H44F6N4O2. The molecule has 0 spiro atoms. The Morgan fingerprint density at radius 1 is 0.517 bits per heavy atom. The molecule has 7 rings (SSSR count). The molecule has 0 unspecified atom stereocenters. The molecule has 5 aromatic rings. The average Bonchev–Trinajstić information content (AvgIpc) is 3.22. The van der Waals surface area contributed by atoms with Crippen molar-refractivity contribution in [3.8, 4) is 22.3 Å². The van der Waals surface area contributed by atoms with Crippen molar-refractivity contribution in [2.24, 2.45) is 0 Å². The third-order valence-electron chi connectivity index (χ3n) is 11.1. The predicted molar refractivity (Wildman–Crippen MR) is 212 cm³/mol. The second kappa shape index (κ2) is 17.6. The Morgan fingerprint density at radius 2 is 0.983 bits per heavy atom. The van der Waals surface area contributed by atoms with Gasteiger partial charge in [-0.1, -0.05) is 84.9 Å². The lowest BCUT2D eigenvalue weighted by atomic mass is 9.92. The maximum absolute atomic E-state index is 14.0. The standard InChI is InChI=1S/C46H44F6N4O2/c47-45(48,49)34-16-14-32(15-17-34)38-10-4-6-12-41(38)43(57)53-37-22-26-56(27-23-37)30-33-28-35(46(50,51)52)18-19-39(33)40-11-5-7-13-42(40)44(58)54-36-20-24-55(25-21-36)29-31-8-2-1-3-9-31/h1-19,28,36-37H,20-27,29-30H2,(H,53,57)(H,54,58). The summed E-state index contributed by atoms with van der Waals surface area (Å²) in [7, 11) is 0. The van der Waals surface area contributed by atoms with Gasteiger partial charge < -0.3 is 10.6 Å². The maximum atomic E-state index is 14.0. The quantitative estimate of drug-likeness (QED) is 0.138. The zero-order valence-electron chi connectivity index (χ0n) is 31.8. The first-order valence-corrected chi connectivity index (χ1v) is 19.5. The summed E-state index contributed by atoms with van der Waals surface area (Å²) in [6.07, 6.45) is -6.40. The highest BCUT2D eigenvalue weighted by Crippen LogP contribution is 2.36. The van der Waals surface area contributed by atoms with Crippen LogP contribution < -0.4 is 10.6 Å². The molecule has 2 aliphatic heterocycles. The van der Waals surface area contributed by atoms with Crippen LogP contribution in [0.4, 0.5) is 26.3 Å². The fraction of sp³-hybridized carbons (Fsp3) is 0.304. The van der Waals surface area contributed by atoms with Crippen molar-refractivity contribution in [3.05, 3.63) is 155 Å². The number of likely N-dealkylation sites (tertiary alicyclic amines) is 2. The topological polar surface area (TPSA) is 64.7 Å². The van der Waals surface area contributed by atoms with Gasteiger partial charge in [0.2, 0.25) is 0 Å². The molecule has 0 radical (unpaired) electrons. The van der Waals surface area contributed by atoms with Gasteiger partial charge >= 0.3 is 12.4 Å². The summed E-state index contributed by atoms with van der Waals surface area (Å²) < 4.78 is 81.6. The number of piperidine rings is 2. The van der Waals surface area contributed by atoms with Gasteiger partial charge in [-0.2, -0.15) is 26.3 Å². The number of carbonyl (C=O) groups is 2. The Bertz CT molecular complexity index is 2190.